The van der Waals surface area contributed by atoms with Crippen molar-refractivity contribution >= 4 is 17.5 Å². The number of hydrogen-bond donors (Lipinski definition) is 2. The number of amides is 2. The Labute approximate surface area is 372 Å². The fourth-order valence-electron chi connectivity index (χ4n) is 10.4. The summed E-state index contributed by atoms with van der Waals surface area (Å²) in [5.41, 5.74) is 14.5. The van der Waals surface area contributed by atoms with E-state index in [-0.39, 0.29) is 62.7 Å². The van der Waals surface area contributed by atoms with Crippen molar-refractivity contribution in [3.63, 3.8) is 0 Å². The number of carbonyl (C=O) groups excluding carboxylic acids is 2. The summed E-state index contributed by atoms with van der Waals surface area (Å²) in [6.45, 7) is 12.0. The molecule has 315 valence electrons. The first-order valence-corrected chi connectivity index (χ1v) is 20.8. The molecule has 59 heavy (non-hydrogen) atoms. The van der Waals surface area contributed by atoms with Crippen molar-refractivity contribution in [3.05, 3.63) is 80.4 Å². The number of likely N-dealkylation sites (tertiary alicyclic amines) is 2. The van der Waals surface area contributed by atoms with Crippen LogP contribution in [0, 0.1) is 11.3 Å². The normalized spacial score (nSPS) is 22.6. The molecule has 15 heteroatoms. The van der Waals surface area contributed by atoms with Crippen LogP contribution in [0.15, 0.2) is 41.3 Å². The minimum Gasteiger partial charge on any atom is -0.680 e. The van der Waals surface area contributed by atoms with Gasteiger partial charge < -0.3 is 34.8 Å². The molecular weight excluding hydrogens is 825 g/mol. The van der Waals surface area contributed by atoms with E-state index in [9.17, 15) is 19.6 Å². The number of ether oxygens (including phenoxy) is 2. The zero-order chi connectivity index (χ0) is 40.9. The maximum atomic E-state index is 12.9. The van der Waals surface area contributed by atoms with Gasteiger partial charge in [0.1, 0.15) is 11.5 Å². The van der Waals surface area contributed by atoms with E-state index in [1.807, 2.05) is 6.20 Å². The number of piperidine rings is 2. The molecule has 0 aliphatic carbocycles. The Morgan fingerprint density at radius 2 is 1.59 bits per heavy atom. The minimum atomic E-state index is -0.223. The third kappa shape index (κ3) is 8.53. The molecule has 3 aromatic rings. The molecule has 0 bridgehead atoms. The SMILES string of the molecule is COc1cc(-c2cn(C)c(=O)c3c2CCN(O)C3)cc(OC)c1CN1CC(C(C)N2CCC3(CC2)CN(c2ccc4c(c2)CN(C2CCC(=O)NC2=O)C4)C3)C1.C[NH-].[Y]. The van der Waals surface area contributed by atoms with Crippen molar-refractivity contribution in [1.29, 1.82) is 0 Å². The number of aromatic nitrogens is 1. The number of rotatable bonds is 9. The molecule has 14 nitrogen and oxygen atoms in total. The number of benzene rings is 2. The fraction of sp³-hybridized carbons (Fsp3) is 0.568. The number of aryl methyl sites for hydroxylation is 1. The number of hydroxylamine groups is 2. The number of nitrogens with one attached hydrogen (secondary N) is 2. The zero-order valence-corrected chi connectivity index (χ0v) is 38.1. The molecule has 1 aromatic heterocycles. The molecule has 1 spiro atoms. The number of nitrogens with zero attached hydrogens (tertiary/aromatic N) is 6. The number of hydrogen-bond acceptors (Lipinski definition) is 11. The molecule has 7 heterocycles. The van der Waals surface area contributed by atoms with Crippen molar-refractivity contribution in [2.45, 2.75) is 77.3 Å². The number of anilines is 1. The van der Waals surface area contributed by atoms with Crippen LogP contribution in [0.25, 0.3) is 16.9 Å². The molecule has 6 aliphatic heterocycles. The first-order valence-electron chi connectivity index (χ1n) is 20.8. The van der Waals surface area contributed by atoms with Crippen molar-refractivity contribution in [2.75, 3.05) is 72.0 Å². The van der Waals surface area contributed by atoms with Gasteiger partial charge in [-0.25, -0.2) is 0 Å². The minimum absolute atomic E-state index is 0. The van der Waals surface area contributed by atoms with E-state index in [0.29, 0.717) is 48.7 Å². The summed E-state index contributed by atoms with van der Waals surface area (Å²) in [6.07, 6.45) is 5.97. The van der Waals surface area contributed by atoms with E-state index in [2.05, 4.69) is 62.2 Å². The van der Waals surface area contributed by atoms with Gasteiger partial charge in [0, 0.05) is 133 Å². The van der Waals surface area contributed by atoms with E-state index in [4.69, 9.17) is 15.2 Å². The summed E-state index contributed by atoms with van der Waals surface area (Å²) in [7, 11) is 6.42. The Bertz CT molecular complexity index is 2080. The Kier molecular flexibility index (Phi) is 13.4. The monoisotopic (exact) mass is 884 g/mol. The topological polar surface area (TPSA) is 147 Å². The van der Waals surface area contributed by atoms with E-state index in [0.717, 1.165) is 92.7 Å². The number of pyridine rings is 1. The molecular formula is C44H59N8O6Y-. The van der Waals surface area contributed by atoms with Crippen LogP contribution in [0.1, 0.15) is 60.4 Å². The Morgan fingerprint density at radius 1 is 0.915 bits per heavy atom. The van der Waals surface area contributed by atoms with E-state index in [1.165, 1.54) is 41.8 Å². The average Bonchev–Trinajstić information content (AvgIpc) is 3.63. The average molecular weight is 885 g/mol. The Hall–Kier alpha value is -3.21. The summed E-state index contributed by atoms with van der Waals surface area (Å²) in [6, 6.07) is 11.3. The molecule has 2 aromatic carbocycles. The molecule has 2 amide bonds. The Morgan fingerprint density at radius 3 is 2.25 bits per heavy atom. The van der Waals surface area contributed by atoms with Gasteiger partial charge in [-0.1, -0.05) is 6.07 Å². The molecule has 0 saturated carbocycles. The van der Waals surface area contributed by atoms with Crippen LogP contribution in [0.2, 0.25) is 0 Å². The first-order chi connectivity index (χ1) is 28.0. The van der Waals surface area contributed by atoms with Gasteiger partial charge in [0.15, 0.2) is 0 Å². The molecule has 1 radical (unpaired) electrons. The number of methoxy groups -OCH3 is 2. The predicted molar refractivity (Wildman–Crippen MR) is 222 cm³/mol. The summed E-state index contributed by atoms with van der Waals surface area (Å²) in [4.78, 5) is 47.0. The van der Waals surface area contributed by atoms with Crippen LogP contribution < -0.4 is 25.2 Å². The van der Waals surface area contributed by atoms with Gasteiger partial charge in [0.05, 0.1) is 32.4 Å². The third-order valence-corrected chi connectivity index (χ3v) is 14.0. The van der Waals surface area contributed by atoms with Gasteiger partial charge in [-0.05, 0) is 98.1 Å². The molecule has 6 aliphatic rings. The van der Waals surface area contributed by atoms with Gasteiger partial charge in [0.25, 0.3) is 5.56 Å². The van der Waals surface area contributed by atoms with Gasteiger partial charge in [-0.3, -0.25) is 29.5 Å². The van der Waals surface area contributed by atoms with E-state index >= 15 is 0 Å². The van der Waals surface area contributed by atoms with Crippen molar-refractivity contribution < 1.29 is 57.0 Å². The number of imide groups is 1. The van der Waals surface area contributed by atoms with Crippen molar-refractivity contribution in [3.8, 4) is 22.6 Å². The predicted octanol–water partition coefficient (Wildman–Crippen LogP) is 4.03. The van der Waals surface area contributed by atoms with Gasteiger partial charge in [-0.15, -0.1) is 0 Å². The smallest absolute Gasteiger partial charge is 0.255 e. The second-order valence-corrected chi connectivity index (χ2v) is 17.3. The van der Waals surface area contributed by atoms with Gasteiger partial charge in [0.2, 0.25) is 11.8 Å². The molecule has 2 unspecified atom stereocenters. The summed E-state index contributed by atoms with van der Waals surface area (Å²) >= 11 is 0. The van der Waals surface area contributed by atoms with Crippen LogP contribution in [0.4, 0.5) is 5.69 Å². The molecule has 3 N–H and O–H groups in total. The van der Waals surface area contributed by atoms with Crippen LogP contribution in [-0.4, -0.2) is 121 Å². The van der Waals surface area contributed by atoms with Crippen LogP contribution >= 0.6 is 0 Å². The summed E-state index contributed by atoms with van der Waals surface area (Å²) in [5.74, 6) is 1.86. The molecule has 4 fully saturated rings. The van der Waals surface area contributed by atoms with Crippen LogP contribution in [-0.2, 0) is 81.9 Å². The van der Waals surface area contributed by atoms with Crippen molar-refractivity contribution in [1.82, 2.24) is 29.6 Å². The maximum Gasteiger partial charge on any atom is 0.255 e. The summed E-state index contributed by atoms with van der Waals surface area (Å²) in [5, 5.41) is 13.9. The summed E-state index contributed by atoms with van der Waals surface area (Å²) < 4.78 is 13.5. The third-order valence-electron chi connectivity index (χ3n) is 14.0. The number of fused-ring (bicyclic) bond motifs is 2. The zero-order valence-electron chi connectivity index (χ0n) is 35.3. The largest absolute Gasteiger partial charge is 0.680 e. The quantitative estimate of drug-likeness (QED) is 0.301. The standard InChI is InChI=1S/C43H55N7O6.CH4N.Y/c1-27(47-13-10-43(11-14-47)25-49(26-43)32-6-5-28-20-48(21-30(28)15-32)37-7-8-40(51)44-41(37)52)31-18-46(19-31)23-36-38(55-3)16-29(17-39(36)56-4)34-22-45(2)42(53)35-24-50(54)12-9-33(34)35;1-2;/h5-6,15-17,22,27,31,37,54H,7-14,18-21,23-26H2,1-4H3,(H,44,51,52);2H,1H3;/q;-1;. The van der Waals surface area contributed by atoms with E-state index in [1.54, 1.807) is 25.8 Å². The Balaban J connectivity index is 0.00000173. The second kappa shape index (κ2) is 18.0. The fourth-order valence-corrected chi connectivity index (χ4v) is 10.4. The molecule has 9 rings (SSSR count). The van der Waals surface area contributed by atoms with Gasteiger partial charge >= 0.3 is 0 Å². The maximum absolute atomic E-state index is 12.9. The first kappa shape index (κ1) is 43.9. The molecule has 2 atom stereocenters. The van der Waals surface area contributed by atoms with Crippen LogP contribution in [0.3, 0.4) is 0 Å². The van der Waals surface area contributed by atoms with E-state index < -0.39 is 0 Å². The number of carbonyl (C=O) groups is 2. The van der Waals surface area contributed by atoms with Gasteiger partial charge in [-0.2, -0.15) is 12.1 Å². The molecule has 4 saturated heterocycles. The van der Waals surface area contributed by atoms with Crippen molar-refractivity contribution in [2.24, 2.45) is 18.4 Å². The second-order valence-electron chi connectivity index (χ2n) is 17.3. The van der Waals surface area contributed by atoms with Crippen LogP contribution in [0.5, 0.6) is 11.5 Å².